The summed E-state index contributed by atoms with van der Waals surface area (Å²) in [5, 5.41) is 4.45. The van der Waals surface area contributed by atoms with Crippen molar-refractivity contribution in [1.29, 1.82) is 0 Å². The number of alkyl halides is 6. The number of sulfonamides is 1. The summed E-state index contributed by atoms with van der Waals surface area (Å²) >= 11 is 22.9. The van der Waals surface area contributed by atoms with E-state index in [0.29, 0.717) is 18.2 Å². The Hall–Kier alpha value is -2.26. The SMILES string of the molecule is O=C(NS(=O)(=O)c1cc(Cl)c(Cl)cc1Cl)c1nnn(-c2ccc(C(F)(F)F)cc2Cl)c1C(F)(F)F. The van der Waals surface area contributed by atoms with Gasteiger partial charge in [-0.05, 0) is 30.3 Å². The summed E-state index contributed by atoms with van der Waals surface area (Å²) in [6.07, 6.45) is -10.2. The molecule has 0 aliphatic rings. The van der Waals surface area contributed by atoms with Crippen LogP contribution >= 0.6 is 46.4 Å². The zero-order valence-corrected chi connectivity index (χ0v) is 20.0. The van der Waals surface area contributed by atoms with E-state index in [9.17, 15) is 39.6 Å². The van der Waals surface area contributed by atoms with Gasteiger partial charge in [0.1, 0.15) is 4.90 Å². The van der Waals surface area contributed by atoms with Crippen molar-refractivity contribution in [3.8, 4) is 5.69 Å². The van der Waals surface area contributed by atoms with Crippen LogP contribution in [0.2, 0.25) is 20.1 Å². The molecule has 7 nitrogen and oxygen atoms in total. The summed E-state index contributed by atoms with van der Waals surface area (Å²) in [5.74, 6) is -1.88. The van der Waals surface area contributed by atoms with Crippen LogP contribution in [-0.4, -0.2) is 29.3 Å². The lowest BCUT2D eigenvalue weighted by molar-refractivity contribution is -0.143. The topological polar surface area (TPSA) is 93.9 Å². The Bertz CT molecular complexity index is 1440. The second kappa shape index (κ2) is 9.32. The summed E-state index contributed by atoms with van der Waals surface area (Å²) < 4.78 is 106. The summed E-state index contributed by atoms with van der Waals surface area (Å²) in [4.78, 5) is 11.7. The molecule has 0 bridgehead atoms. The van der Waals surface area contributed by atoms with Crippen LogP contribution in [0.3, 0.4) is 0 Å². The van der Waals surface area contributed by atoms with Crippen LogP contribution in [0.1, 0.15) is 21.7 Å². The smallest absolute Gasteiger partial charge is 0.266 e. The predicted molar refractivity (Wildman–Crippen MR) is 112 cm³/mol. The lowest BCUT2D eigenvalue weighted by atomic mass is 10.2. The van der Waals surface area contributed by atoms with Gasteiger partial charge in [0, 0.05) is 0 Å². The highest BCUT2D eigenvalue weighted by Gasteiger charge is 2.43. The number of rotatable bonds is 4. The first kappa shape index (κ1) is 27.3. The van der Waals surface area contributed by atoms with Crippen LogP contribution in [-0.2, 0) is 22.4 Å². The molecule has 0 fully saturated rings. The second-order valence-electron chi connectivity index (χ2n) is 6.49. The number of nitrogens with zero attached hydrogens (tertiary/aromatic N) is 3. The third-order valence-electron chi connectivity index (χ3n) is 4.15. The van der Waals surface area contributed by atoms with Crippen molar-refractivity contribution in [2.24, 2.45) is 0 Å². The fraction of sp³-hybridized carbons (Fsp3) is 0.118. The fourth-order valence-corrected chi connectivity index (χ4v) is 4.86. The average Bonchev–Trinajstić information content (AvgIpc) is 3.15. The summed E-state index contributed by atoms with van der Waals surface area (Å²) in [6.45, 7) is 0. The number of hydrogen-bond donors (Lipinski definition) is 1. The van der Waals surface area contributed by atoms with Crippen LogP contribution in [0.25, 0.3) is 5.69 Å². The lowest BCUT2D eigenvalue weighted by Crippen LogP contribution is -2.33. The van der Waals surface area contributed by atoms with Crippen molar-refractivity contribution in [2.75, 3.05) is 0 Å². The van der Waals surface area contributed by atoms with Crippen molar-refractivity contribution in [2.45, 2.75) is 17.2 Å². The van der Waals surface area contributed by atoms with Crippen LogP contribution in [0.4, 0.5) is 26.3 Å². The first-order chi connectivity index (χ1) is 15.9. The number of carbonyl (C=O) groups excluding carboxylic acids is 1. The molecule has 0 spiro atoms. The molecule has 1 aromatic heterocycles. The van der Waals surface area contributed by atoms with Crippen LogP contribution < -0.4 is 4.72 Å². The van der Waals surface area contributed by atoms with E-state index in [1.807, 2.05) is 0 Å². The van der Waals surface area contributed by atoms with Gasteiger partial charge in [0.25, 0.3) is 15.9 Å². The minimum absolute atomic E-state index is 0.0455. The van der Waals surface area contributed by atoms with E-state index in [4.69, 9.17) is 46.4 Å². The van der Waals surface area contributed by atoms with Crippen LogP contribution in [0, 0.1) is 0 Å². The lowest BCUT2D eigenvalue weighted by Gasteiger charge is -2.14. The van der Waals surface area contributed by atoms with Crippen molar-refractivity contribution < 1.29 is 39.6 Å². The first-order valence-electron chi connectivity index (χ1n) is 8.55. The third kappa shape index (κ3) is 5.61. The molecular weight excluding hydrogens is 596 g/mol. The maximum atomic E-state index is 13.8. The molecular formula is C17H6Cl4F6N4O3S. The Morgan fingerprint density at radius 2 is 1.46 bits per heavy atom. The predicted octanol–water partition coefficient (Wildman–Crippen LogP) is 6.04. The number of nitrogens with one attached hydrogen (secondary N) is 1. The van der Waals surface area contributed by atoms with Gasteiger partial charge in [0.05, 0.1) is 31.3 Å². The van der Waals surface area contributed by atoms with Gasteiger partial charge in [-0.25, -0.2) is 17.8 Å². The van der Waals surface area contributed by atoms with Gasteiger partial charge in [-0.1, -0.05) is 51.6 Å². The van der Waals surface area contributed by atoms with Crippen molar-refractivity contribution in [3.05, 3.63) is 67.4 Å². The molecule has 1 N–H and O–H groups in total. The van der Waals surface area contributed by atoms with E-state index in [1.54, 1.807) is 0 Å². The minimum Gasteiger partial charge on any atom is -0.266 e. The minimum atomic E-state index is -5.38. The Labute approximate surface area is 211 Å². The van der Waals surface area contributed by atoms with E-state index < -0.39 is 65.9 Å². The molecule has 35 heavy (non-hydrogen) atoms. The van der Waals surface area contributed by atoms with Gasteiger partial charge in [0.15, 0.2) is 11.4 Å². The Morgan fingerprint density at radius 3 is 2.00 bits per heavy atom. The molecule has 0 aliphatic carbocycles. The maximum absolute atomic E-state index is 13.8. The van der Waals surface area contributed by atoms with Gasteiger partial charge in [-0.3, -0.25) is 4.79 Å². The van der Waals surface area contributed by atoms with Crippen molar-refractivity contribution in [3.63, 3.8) is 0 Å². The molecule has 3 rings (SSSR count). The van der Waals surface area contributed by atoms with Crippen molar-refractivity contribution in [1.82, 2.24) is 19.7 Å². The molecule has 0 atom stereocenters. The highest BCUT2D eigenvalue weighted by Crippen LogP contribution is 2.37. The number of amides is 1. The second-order valence-corrected chi connectivity index (χ2v) is 9.77. The average molecular weight is 602 g/mol. The molecule has 1 amide bonds. The maximum Gasteiger partial charge on any atom is 0.435 e. The largest absolute Gasteiger partial charge is 0.435 e. The zero-order chi connectivity index (χ0) is 26.5. The molecule has 1 heterocycles. The summed E-state index contributed by atoms with van der Waals surface area (Å²) in [7, 11) is -4.90. The summed E-state index contributed by atoms with van der Waals surface area (Å²) in [6, 6.07) is 3.03. The number of halogens is 10. The van der Waals surface area contributed by atoms with Crippen molar-refractivity contribution >= 4 is 62.3 Å². The molecule has 0 unspecified atom stereocenters. The first-order valence-corrected chi connectivity index (χ1v) is 11.5. The molecule has 0 radical (unpaired) electrons. The summed E-state index contributed by atoms with van der Waals surface area (Å²) in [5.41, 5.74) is -5.41. The normalized spacial score (nSPS) is 12.6. The Kier molecular flexibility index (Phi) is 7.27. The fourth-order valence-electron chi connectivity index (χ4n) is 2.65. The van der Waals surface area contributed by atoms with E-state index in [-0.39, 0.29) is 14.7 Å². The molecule has 0 saturated heterocycles. The highest BCUT2D eigenvalue weighted by atomic mass is 35.5. The quantitative estimate of drug-likeness (QED) is 0.291. The highest BCUT2D eigenvalue weighted by molar-refractivity contribution is 7.90. The monoisotopic (exact) mass is 600 g/mol. The van der Waals surface area contributed by atoms with Gasteiger partial charge in [-0.15, -0.1) is 5.10 Å². The Morgan fingerprint density at radius 1 is 0.857 bits per heavy atom. The van der Waals surface area contributed by atoms with E-state index in [1.165, 1.54) is 4.72 Å². The Balaban J connectivity index is 2.08. The van der Waals surface area contributed by atoms with Crippen LogP contribution in [0.15, 0.2) is 35.2 Å². The molecule has 188 valence electrons. The van der Waals surface area contributed by atoms with E-state index in [0.717, 1.165) is 12.1 Å². The van der Waals surface area contributed by atoms with E-state index in [2.05, 4.69) is 10.3 Å². The number of benzene rings is 2. The van der Waals surface area contributed by atoms with Gasteiger partial charge in [0.2, 0.25) is 0 Å². The molecule has 2 aromatic carbocycles. The van der Waals surface area contributed by atoms with Crippen LogP contribution in [0.5, 0.6) is 0 Å². The zero-order valence-electron chi connectivity index (χ0n) is 16.1. The van der Waals surface area contributed by atoms with Gasteiger partial charge < -0.3 is 0 Å². The molecule has 0 saturated carbocycles. The van der Waals surface area contributed by atoms with Gasteiger partial charge in [-0.2, -0.15) is 26.3 Å². The molecule has 18 heteroatoms. The molecule has 3 aromatic rings. The third-order valence-corrected chi connectivity index (χ3v) is 6.97. The molecule has 0 aliphatic heterocycles. The van der Waals surface area contributed by atoms with Gasteiger partial charge >= 0.3 is 12.4 Å². The standard InChI is InChI=1S/C17H6Cl4F6N4O3S/c18-7-4-10(21)12(5-8(7)19)35(33,34)29-15(32)13-14(17(25,26)27)31(30-28-13)11-2-1-6(3-9(11)20)16(22,23)24/h1-5H,(H,29,32). The van der Waals surface area contributed by atoms with E-state index >= 15 is 0 Å². The number of carbonyl (C=O) groups is 1. The number of hydrogen-bond acceptors (Lipinski definition) is 5. The number of aromatic nitrogens is 3.